The number of hydrogen-bond acceptors (Lipinski definition) is 6. The SMILES string of the molecule is CC(Oc1cc(-c2ccc(C(=O)N3CCN(CCCO)CC3)cc2)cnc1N)c1c(Cl)ccc(F)c1Cl. The highest BCUT2D eigenvalue weighted by molar-refractivity contribution is 6.36. The summed E-state index contributed by atoms with van der Waals surface area (Å²) in [6.45, 7) is 5.64. The van der Waals surface area contributed by atoms with Gasteiger partial charge in [0.2, 0.25) is 0 Å². The van der Waals surface area contributed by atoms with Crippen molar-refractivity contribution in [3.05, 3.63) is 75.7 Å². The maximum atomic E-state index is 14.0. The van der Waals surface area contributed by atoms with Gasteiger partial charge in [-0.3, -0.25) is 9.69 Å². The van der Waals surface area contributed by atoms with E-state index in [-0.39, 0.29) is 28.4 Å². The highest BCUT2D eigenvalue weighted by Gasteiger charge is 2.22. The van der Waals surface area contributed by atoms with Gasteiger partial charge < -0.3 is 20.5 Å². The Kier molecular flexibility index (Phi) is 8.87. The normalized spacial score (nSPS) is 15.0. The van der Waals surface area contributed by atoms with Gasteiger partial charge >= 0.3 is 0 Å². The summed E-state index contributed by atoms with van der Waals surface area (Å²) in [5.41, 5.74) is 8.54. The third-order valence-electron chi connectivity index (χ3n) is 6.43. The van der Waals surface area contributed by atoms with Gasteiger partial charge in [-0.05, 0) is 49.2 Å². The number of aliphatic hydroxyl groups excluding tert-OH is 1. The van der Waals surface area contributed by atoms with E-state index in [1.165, 1.54) is 12.1 Å². The molecule has 2 heterocycles. The number of benzene rings is 2. The first-order valence-corrected chi connectivity index (χ1v) is 12.8. The number of nitrogen functional groups attached to an aromatic ring is 1. The van der Waals surface area contributed by atoms with Gasteiger partial charge in [-0.25, -0.2) is 9.37 Å². The molecule has 3 N–H and O–H groups in total. The van der Waals surface area contributed by atoms with E-state index >= 15 is 0 Å². The van der Waals surface area contributed by atoms with E-state index in [0.29, 0.717) is 30.0 Å². The zero-order valence-corrected chi connectivity index (χ0v) is 22.0. The van der Waals surface area contributed by atoms with E-state index < -0.39 is 11.9 Å². The van der Waals surface area contributed by atoms with Crippen LogP contribution in [0.2, 0.25) is 10.0 Å². The molecule has 10 heteroatoms. The lowest BCUT2D eigenvalue weighted by atomic mass is 10.0. The summed E-state index contributed by atoms with van der Waals surface area (Å²) in [7, 11) is 0. The first-order chi connectivity index (χ1) is 17.8. The molecule has 0 saturated carbocycles. The predicted molar refractivity (Wildman–Crippen MR) is 144 cm³/mol. The molecule has 1 unspecified atom stereocenters. The Bertz CT molecular complexity index is 1250. The van der Waals surface area contributed by atoms with E-state index in [9.17, 15) is 9.18 Å². The summed E-state index contributed by atoms with van der Waals surface area (Å²) in [6, 6.07) is 11.7. The van der Waals surface area contributed by atoms with Crippen molar-refractivity contribution in [3.8, 4) is 16.9 Å². The molecule has 3 aromatic rings. The number of pyridine rings is 1. The van der Waals surface area contributed by atoms with E-state index in [1.807, 2.05) is 17.0 Å². The fourth-order valence-electron chi connectivity index (χ4n) is 4.33. The van der Waals surface area contributed by atoms with Crippen LogP contribution in [0.15, 0.2) is 48.7 Å². The van der Waals surface area contributed by atoms with Gasteiger partial charge in [0.1, 0.15) is 11.9 Å². The molecule has 1 aliphatic heterocycles. The molecule has 1 atom stereocenters. The Morgan fingerprint density at radius 3 is 2.51 bits per heavy atom. The number of anilines is 1. The minimum atomic E-state index is -0.681. The second-order valence-electron chi connectivity index (χ2n) is 8.91. The molecule has 1 aromatic heterocycles. The first kappa shape index (κ1) is 27.1. The van der Waals surface area contributed by atoms with Crippen molar-refractivity contribution < 1.29 is 19.0 Å². The number of nitrogens with two attached hydrogens (primary N) is 1. The summed E-state index contributed by atoms with van der Waals surface area (Å²) in [5.74, 6) is -0.121. The monoisotopic (exact) mass is 546 g/mol. The van der Waals surface area contributed by atoms with Crippen molar-refractivity contribution in [1.82, 2.24) is 14.8 Å². The molecule has 37 heavy (non-hydrogen) atoms. The van der Waals surface area contributed by atoms with Crippen molar-refractivity contribution in [1.29, 1.82) is 0 Å². The van der Waals surface area contributed by atoms with Crippen molar-refractivity contribution in [2.45, 2.75) is 19.4 Å². The molecule has 1 amide bonds. The van der Waals surface area contributed by atoms with Crippen LogP contribution in [0.1, 0.15) is 35.4 Å². The Labute approximate surface area is 225 Å². The number of carbonyl (C=O) groups excluding carboxylic acids is 1. The van der Waals surface area contributed by atoms with E-state index in [2.05, 4.69) is 9.88 Å². The Morgan fingerprint density at radius 1 is 1.14 bits per heavy atom. The third-order valence-corrected chi connectivity index (χ3v) is 7.14. The van der Waals surface area contributed by atoms with Crippen LogP contribution in [0.3, 0.4) is 0 Å². The molecule has 2 aromatic carbocycles. The lowest BCUT2D eigenvalue weighted by Crippen LogP contribution is -2.48. The highest BCUT2D eigenvalue weighted by Crippen LogP contribution is 2.37. The van der Waals surface area contributed by atoms with Crippen LogP contribution in [0.25, 0.3) is 11.1 Å². The first-order valence-electron chi connectivity index (χ1n) is 12.1. The van der Waals surface area contributed by atoms with Crippen molar-refractivity contribution >= 4 is 34.9 Å². The van der Waals surface area contributed by atoms with Gasteiger partial charge in [-0.2, -0.15) is 0 Å². The zero-order valence-electron chi connectivity index (χ0n) is 20.5. The minimum absolute atomic E-state index is 0.00881. The topological polar surface area (TPSA) is 91.9 Å². The molecule has 0 bridgehead atoms. The second kappa shape index (κ2) is 12.1. The van der Waals surface area contributed by atoms with Gasteiger partial charge in [0.25, 0.3) is 5.91 Å². The fourth-order valence-corrected chi connectivity index (χ4v) is 5.01. The van der Waals surface area contributed by atoms with Crippen LogP contribution >= 0.6 is 23.2 Å². The largest absolute Gasteiger partial charge is 0.482 e. The number of carbonyl (C=O) groups is 1. The summed E-state index contributed by atoms with van der Waals surface area (Å²) >= 11 is 12.4. The summed E-state index contributed by atoms with van der Waals surface area (Å²) < 4.78 is 20.0. The summed E-state index contributed by atoms with van der Waals surface area (Å²) in [6.07, 6.45) is 1.68. The number of aliphatic hydroxyl groups is 1. The number of ether oxygens (including phenoxy) is 1. The lowest BCUT2D eigenvalue weighted by Gasteiger charge is -2.34. The van der Waals surface area contributed by atoms with Crippen LogP contribution in [0, 0.1) is 5.82 Å². The third kappa shape index (κ3) is 6.33. The standard InChI is InChI=1S/C27H29Cl2FN4O3/c1-17(24-21(28)7-8-22(30)25(24)29)37-23-15-20(16-32-26(23)31)18-3-5-19(6-4-18)27(36)34-12-10-33(11-13-34)9-2-14-35/h3-8,15-17,35H,2,9-14H2,1H3,(H2,31,32). The van der Waals surface area contributed by atoms with E-state index in [0.717, 1.165) is 37.2 Å². The molecular formula is C27H29Cl2FN4O3. The van der Waals surface area contributed by atoms with Gasteiger partial charge in [-0.15, -0.1) is 0 Å². The molecule has 0 spiro atoms. The maximum absolute atomic E-state index is 14.0. The van der Waals surface area contributed by atoms with Gasteiger partial charge in [0, 0.05) is 67.2 Å². The predicted octanol–water partition coefficient (Wildman–Crippen LogP) is 5.06. The molecular weight excluding hydrogens is 518 g/mol. The van der Waals surface area contributed by atoms with Crippen LogP contribution in [-0.2, 0) is 0 Å². The van der Waals surface area contributed by atoms with Crippen molar-refractivity contribution in [3.63, 3.8) is 0 Å². The van der Waals surface area contributed by atoms with Crippen LogP contribution < -0.4 is 10.5 Å². The number of hydrogen-bond donors (Lipinski definition) is 2. The Hall–Kier alpha value is -2.91. The van der Waals surface area contributed by atoms with Crippen LogP contribution in [-0.4, -0.2) is 65.1 Å². The zero-order chi connectivity index (χ0) is 26.5. The lowest BCUT2D eigenvalue weighted by molar-refractivity contribution is 0.0629. The average molecular weight is 547 g/mol. The molecule has 0 aliphatic carbocycles. The average Bonchev–Trinajstić information content (AvgIpc) is 2.91. The Morgan fingerprint density at radius 2 is 1.84 bits per heavy atom. The van der Waals surface area contributed by atoms with E-state index in [4.69, 9.17) is 38.8 Å². The molecule has 196 valence electrons. The minimum Gasteiger partial charge on any atom is -0.482 e. The molecule has 4 rings (SSSR count). The molecule has 1 fully saturated rings. The van der Waals surface area contributed by atoms with Crippen LogP contribution in [0.5, 0.6) is 5.75 Å². The van der Waals surface area contributed by atoms with Crippen LogP contribution in [0.4, 0.5) is 10.2 Å². The maximum Gasteiger partial charge on any atom is 0.253 e. The number of rotatable bonds is 8. The fraction of sp³-hybridized carbons (Fsp3) is 0.333. The van der Waals surface area contributed by atoms with Crippen molar-refractivity contribution in [2.75, 3.05) is 45.1 Å². The van der Waals surface area contributed by atoms with Gasteiger partial charge in [0.05, 0.1) is 5.02 Å². The summed E-state index contributed by atoms with van der Waals surface area (Å²) in [5, 5.41) is 9.19. The highest BCUT2D eigenvalue weighted by atomic mass is 35.5. The summed E-state index contributed by atoms with van der Waals surface area (Å²) in [4.78, 5) is 21.3. The molecule has 0 radical (unpaired) electrons. The number of amides is 1. The molecule has 1 aliphatic rings. The smallest absolute Gasteiger partial charge is 0.253 e. The van der Waals surface area contributed by atoms with Crippen molar-refractivity contribution in [2.24, 2.45) is 0 Å². The van der Waals surface area contributed by atoms with E-state index in [1.54, 1.807) is 31.3 Å². The Balaban J connectivity index is 1.46. The molecule has 1 saturated heterocycles. The van der Waals surface area contributed by atoms with Gasteiger partial charge in [0.15, 0.2) is 11.6 Å². The quantitative estimate of drug-likeness (QED) is 0.384. The molecule has 7 nitrogen and oxygen atoms in total. The number of aromatic nitrogens is 1. The second-order valence-corrected chi connectivity index (χ2v) is 9.70. The van der Waals surface area contributed by atoms with Gasteiger partial charge in [-0.1, -0.05) is 35.3 Å². The number of nitrogens with zero attached hydrogens (tertiary/aromatic N) is 3. The number of halogens is 3. The number of piperazine rings is 1.